The molecule has 0 aromatic carbocycles. The summed E-state index contributed by atoms with van der Waals surface area (Å²) in [6.45, 7) is 13.8. The maximum atomic E-state index is 13.4. The molecule has 4 atom stereocenters. The maximum Gasteiger partial charge on any atom is 0.0936 e. The lowest BCUT2D eigenvalue weighted by Crippen LogP contribution is -2.70. The summed E-state index contributed by atoms with van der Waals surface area (Å²) >= 11 is 0. The zero-order valence-electron chi connectivity index (χ0n) is 25.1. The lowest BCUT2D eigenvalue weighted by atomic mass is 9.53. The molecular formula is C30H56N2O4. The van der Waals surface area contributed by atoms with Crippen LogP contribution in [0.2, 0.25) is 0 Å². The van der Waals surface area contributed by atoms with E-state index in [0.717, 1.165) is 60.3 Å². The molecule has 210 valence electrons. The van der Waals surface area contributed by atoms with Crippen molar-refractivity contribution < 1.29 is 28.8 Å². The Labute approximate surface area is 221 Å². The Hall–Kier alpha value is -1.14. The van der Waals surface area contributed by atoms with E-state index in [-0.39, 0.29) is 29.3 Å². The Morgan fingerprint density at radius 1 is 0.750 bits per heavy atom. The molecule has 36 heavy (non-hydrogen) atoms. The summed E-state index contributed by atoms with van der Waals surface area (Å²) in [4.78, 5) is 24.1. The molecule has 0 aromatic rings. The monoisotopic (exact) mass is 508 g/mol. The van der Waals surface area contributed by atoms with Crippen molar-refractivity contribution in [2.24, 2.45) is 17.3 Å². The molecule has 2 aliphatic rings. The summed E-state index contributed by atoms with van der Waals surface area (Å²) in [5, 5.41) is 24.1. The predicted molar refractivity (Wildman–Crippen MR) is 142 cm³/mol. The van der Waals surface area contributed by atoms with Crippen molar-refractivity contribution in [2.75, 3.05) is 28.2 Å². The average Bonchev–Trinajstić information content (AvgIpc) is 2.72. The first kappa shape index (κ1) is 31.1. The molecule has 0 amide bonds. The molecule has 0 saturated carbocycles. The van der Waals surface area contributed by atoms with Crippen molar-refractivity contribution >= 4 is 11.9 Å². The fourth-order valence-electron chi connectivity index (χ4n) is 7.57. The number of aliphatic carboxylic acids is 2. The van der Waals surface area contributed by atoms with Gasteiger partial charge in [0.15, 0.2) is 0 Å². The van der Waals surface area contributed by atoms with Crippen LogP contribution < -0.4 is 10.2 Å². The van der Waals surface area contributed by atoms with Crippen LogP contribution in [0.15, 0.2) is 0 Å². The Morgan fingerprint density at radius 2 is 1.14 bits per heavy atom. The summed E-state index contributed by atoms with van der Waals surface area (Å²) in [6, 6.07) is 0.756. The normalized spacial score (nSPS) is 32.4. The van der Waals surface area contributed by atoms with E-state index >= 15 is 0 Å². The first-order valence-electron chi connectivity index (χ1n) is 14.4. The van der Waals surface area contributed by atoms with Gasteiger partial charge < -0.3 is 28.8 Å². The number of quaternary nitrogens is 2. The third-order valence-electron chi connectivity index (χ3n) is 11.9. The Bertz CT molecular complexity index is 744. The van der Waals surface area contributed by atoms with E-state index in [9.17, 15) is 19.8 Å². The van der Waals surface area contributed by atoms with Crippen LogP contribution in [-0.2, 0) is 9.59 Å². The highest BCUT2D eigenvalue weighted by atomic mass is 16.4. The lowest BCUT2D eigenvalue weighted by Gasteiger charge is -2.62. The molecule has 2 aliphatic heterocycles. The molecule has 2 saturated heterocycles. The van der Waals surface area contributed by atoms with Gasteiger partial charge in [-0.25, -0.2) is 0 Å². The van der Waals surface area contributed by atoms with Crippen LogP contribution in [0.1, 0.15) is 112 Å². The molecule has 2 rings (SSSR count). The number of carboxylic acid groups (broad SMARTS) is 2. The van der Waals surface area contributed by atoms with E-state index in [1.165, 1.54) is 0 Å². The third-order valence-corrected chi connectivity index (χ3v) is 11.9. The molecule has 0 aliphatic carbocycles. The van der Waals surface area contributed by atoms with Crippen molar-refractivity contribution in [1.29, 1.82) is 0 Å². The molecule has 6 heteroatoms. The number of likely N-dealkylation sites (tertiary alicyclic amines) is 2. The number of rotatable bonds is 11. The second-order valence-electron chi connectivity index (χ2n) is 14.6. The van der Waals surface area contributed by atoms with E-state index in [4.69, 9.17) is 0 Å². The van der Waals surface area contributed by atoms with Crippen LogP contribution in [0.5, 0.6) is 0 Å². The van der Waals surface area contributed by atoms with Crippen LogP contribution in [0.25, 0.3) is 0 Å². The highest BCUT2D eigenvalue weighted by Crippen LogP contribution is 2.56. The summed E-state index contributed by atoms with van der Waals surface area (Å²) in [5.74, 6) is -1.63. The van der Waals surface area contributed by atoms with Crippen molar-refractivity contribution in [3.63, 3.8) is 0 Å². The van der Waals surface area contributed by atoms with Gasteiger partial charge in [-0.05, 0) is 72.6 Å². The molecular weight excluding hydrogens is 452 g/mol. The Morgan fingerprint density at radius 3 is 1.50 bits per heavy atom. The average molecular weight is 509 g/mol. The topological polar surface area (TPSA) is 80.3 Å². The van der Waals surface area contributed by atoms with E-state index in [1.54, 1.807) is 0 Å². The van der Waals surface area contributed by atoms with Crippen molar-refractivity contribution in [3.8, 4) is 0 Å². The largest absolute Gasteiger partial charge is 0.550 e. The minimum Gasteiger partial charge on any atom is -0.550 e. The first-order valence-corrected chi connectivity index (χ1v) is 14.4. The van der Waals surface area contributed by atoms with Crippen LogP contribution in [-0.4, -0.2) is 72.3 Å². The highest BCUT2D eigenvalue weighted by Gasteiger charge is 2.59. The van der Waals surface area contributed by atoms with E-state index in [0.29, 0.717) is 24.9 Å². The molecule has 2 fully saturated rings. The van der Waals surface area contributed by atoms with Gasteiger partial charge in [0.1, 0.15) is 0 Å². The van der Waals surface area contributed by atoms with E-state index in [2.05, 4.69) is 69.7 Å². The maximum absolute atomic E-state index is 13.4. The number of hydrogen-bond donors (Lipinski definition) is 0. The molecule has 0 spiro atoms. The van der Waals surface area contributed by atoms with E-state index < -0.39 is 17.4 Å². The number of unbranched alkanes of at least 4 members (excludes halogenated alkanes) is 4. The molecule has 0 aromatic heterocycles. The summed E-state index contributed by atoms with van der Waals surface area (Å²) < 4.78 is 1.81. The van der Waals surface area contributed by atoms with Gasteiger partial charge >= 0.3 is 0 Å². The molecule has 2 heterocycles. The molecule has 4 unspecified atom stereocenters. The van der Waals surface area contributed by atoms with Gasteiger partial charge in [0.2, 0.25) is 0 Å². The minimum atomic E-state index is -0.989. The van der Waals surface area contributed by atoms with Crippen molar-refractivity contribution in [1.82, 2.24) is 0 Å². The number of nitrogens with zero attached hydrogens (tertiary/aromatic N) is 2. The minimum absolute atomic E-state index is 0.0148. The highest BCUT2D eigenvalue weighted by molar-refractivity contribution is 5.73. The first-order chi connectivity index (χ1) is 16.3. The van der Waals surface area contributed by atoms with Gasteiger partial charge in [0.25, 0.3) is 0 Å². The van der Waals surface area contributed by atoms with E-state index in [1.807, 2.05) is 0 Å². The lowest BCUT2D eigenvalue weighted by molar-refractivity contribution is -0.967. The quantitative estimate of drug-likeness (QED) is 0.316. The zero-order valence-corrected chi connectivity index (χ0v) is 25.1. The second kappa shape index (κ2) is 10.9. The molecule has 0 N–H and O–H groups in total. The molecule has 0 radical (unpaired) electrons. The van der Waals surface area contributed by atoms with Gasteiger partial charge in [-0.3, -0.25) is 0 Å². The second-order valence-corrected chi connectivity index (χ2v) is 14.6. The number of carbonyl (C=O) groups is 2. The number of piperidine rings is 2. The van der Waals surface area contributed by atoms with Gasteiger partial charge in [-0.1, -0.05) is 25.7 Å². The fourth-order valence-corrected chi connectivity index (χ4v) is 7.57. The Kier molecular flexibility index (Phi) is 9.43. The van der Waals surface area contributed by atoms with Crippen LogP contribution >= 0.6 is 0 Å². The number of hydrogen-bond acceptors (Lipinski definition) is 4. The smallest absolute Gasteiger partial charge is 0.0936 e. The standard InChI is InChI=1S/C30H56N2O4/c1-22-18-24(20-28(3,4)31(22,7)8)30(27(35)36,17-15-13-11-12-14-16-26(33)34)25-19-23(2)32(9,10)29(5,6)21-25/h22-25H,11-21H2,1-10H3. The fraction of sp³-hybridized carbons (Fsp3) is 0.933. The number of carbonyl (C=O) groups excluding carboxylic acids is 2. The summed E-state index contributed by atoms with van der Waals surface area (Å²) in [6.07, 6.45) is 8.60. The predicted octanol–water partition coefficient (Wildman–Crippen LogP) is 3.51. The van der Waals surface area contributed by atoms with Crippen molar-refractivity contribution in [3.05, 3.63) is 0 Å². The van der Waals surface area contributed by atoms with Crippen LogP contribution in [0.3, 0.4) is 0 Å². The third kappa shape index (κ3) is 5.80. The Balaban J connectivity index is 2.39. The summed E-state index contributed by atoms with van der Waals surface area (Å²) in [5.41, 5.74) is -0.860. The van der Waals surface area contributed by atoms with Crippen molar-refractivity contribution in [2.45, 2.75) is 135 Å². The molecule has 6 nitrogen and oxygen atoms in total. The number of carboxylic acids is 2. The van der Waals surface area contributed by atoms with Gasteiger partial charge in [-0.2, -0.15) is 0 Å². The van der Waals surface area contributed by atoms with Crippen LogP contribution in [0, 0.1) is 17.3 Å². The zero-order chi connectivity index (χ0) is 27.7. The van der Waals surface area contributed by atoms with Gasteiger partial charge in [-0.15, -0.1) is 0 Å². The van der Waals surface area contributed by atoms with Crippen LogP contribution in [0.4, 0.5) is 0 Å². The van der Waals surface area contributed by atoms with Gasteiger partial charge in [0.05, 0.1) is 51.4 Å². The molecule has 0 bridgehead atoms. The summed E-state index contributed by atoms with van der Waals surface area (Å²) in [7, 11) is 9.17. The van der Waals surface area contributed by atoms with Gasteiger partial charge in [0, 0.05) is 43.0 Å². The SMILES string of the molecule is CC1CC(C(CCCCCCCC(=O)[O-])(C(=O)[O-])C2CC(C)[N+](C)(C)C(C)(C)C2)CC(C)(C)[N+]1(C)C.